The summed E-state index contributed by atoms with van der Waals surface area (Å²) in [4.78, 5) is 30.1. The van der Waals surface area contributed by atoms with Gasteiger partial charge in [-0.1, -0.05) is 19.2 Å². The van der Waals surface area contributed by atoms with E-state index in [0.29, 0.717) is 32.5 Å². The highest BCUT2D eigenvalue weighted by atomic mass is 16.6. The number of aliphatic hydroxyl groups excluding tert-OH is 1. The van der Waals surface area contributed by atoms with Crippen LogP contribution < -0.4 is 10.2 Å². The Labute approximate surface area is 153 Å². The molecule has 1 fully saturated rings. The van der Waals surface area contributed by atoms with Crippen LogP contribution in [-0.4, -0.2) is 48.9 Å². The fourth-order valence-electron chi connectivity index (χ4n) is 1.11. The summed E-state index contributed by atoms with van der Waals surface area (Å²) in [6.45, 7) is 10.9. The van der Waals surface area contributed by atoms with Crippen LogP contribution in [0, 0.1) is 0 Å². The molecule has 0 aliphatic carbocycles. The molecule has 0 aromatic rings. The summed E-state index contributed by atoms with van der Waals surface area (Å²) >= 11 is 0. The smallest absolute Gasteiger partial charge is 0.330 e. The lowest BCUT2D eigenvalue weighted by molar-refractivity contribution is -0.300. The normalized spacial score (nSPS) is 14.6. The minimum absolute atomic E-state index is 0.0930. The Hall–Kier alpha value is -2.45. The fourth-order valence-corrected chi connectivity index (χ4v) is 1.11. The molecule has 1 N–H and O–H groups in total. The zero-order valence-electron chi connectivity index (χ0n) is 15.2. The molecule has 1 heterocycles. The van der Waals surface area contributed by atoms with E-state index in [-0.39, 0.29) is 23.9 Å². The number of carbonyl (C=O) groups is 3. The van der Waals surface area contributed by atoms with Gasteiger partial charge >= 0.3 is 5.97 Å². The largest absolute Gasteiger partial charge is 0.545 e. The SMILES string of the molecule is C/C=C(\C)C(=O)[O-].C=C(CC1CO1)C(=O)[O-].C=CC(=O)OCCCCO. The quantitative estimate of drug-likeness (QED) is 0.242. The Morgan fingerprint density at radius 2 is 1.85 bits per heavy atom. The molecule has 0 spiro atoms. The van der Waals surface area contributed by atoms with Crippen molar-refractivity contribution in [3.8, 4) is 0 Å². The van der Waals surface area contributed by atoms with Gasteiger partial charge in [0.1, 0.15) is 0 Å². The third-order valence-corrected chi connectivity index (χ3v) is 2.88. The van der Waals surface area contributed by atoms with Gasteiger partial charge in [-0.25, -0.2) is 4.79 Å². The second-order valence-corrected chi connectivity index (χ2v) is 5.11. The Morgan fingerprint density at radius 3 is 2.15 bits per heavy atom. The molecule has 1 rings (SSSR count). The van der Waals surface area contributed by atoms with Crippen LogP contribution in [0.2, 0.25) is 0 Å². The summed E-state index contributed by atoms with van der Waals surface area (Å²) in [5.74, 6) is -2.68. The van der Waals surface area contributed by atoms with Crippen LogP contribution >= 0.6 is 0 Å². The van der Waals surface area contributed by atoms with Crippen LogP contribution in [0.15, 0.2) is 36.5 Å². The van der Waals surface area contributed by atoms with Crippen molar-refractivity contribution in [2.24, 2.45) is 0 Å². The molecule has 0 amide bonds. The van der Waals surface area contributed by atoms with E-state index >= 15 is 0 Å². The highest BCUT2D eigenvalue weighted by Crippen LogP contribution is 2.17. The number of carboxylic acids is 2. The van der Waals surface area contributed by atoms with E-state index in [9.17, 15) is 24.6 Å². The number of unbranched alkanes of at least 4 members (excludes halogenated alkanes) is 1. The zero-order valence-corrected chi connectivity index (χ0v) is 15.2. The number of rotatable bonds is 9. The van der Waals surface area contributed by atoms with Gasteiger partial charge in [-0.2, -0.15) is 0 Å². The van der Waals surface area contributed by atoms with Crippen LogP contribution in [0.4, 0.5) is 0 Å². The fraction of sp³-hybridized carbons (Fsp3) is 0.500. The lowest BCUT2D eigenvalue weighted by Gasteiger charge is -2.01. The van der Waals surface area contributed by atoms with Crippen LogP contribution in [0.5, 0.6) is 0 Å². The number of hydrogen-bond acceptors (Lipinski definition) is 8. The molecular weight excluding hydrogens is 344 g/mol. The highest BCUT2D eigenvalue weighted by molar-refractivity contribution is 5.84. The number of carboxylic acid groups (broad SMARTS) is 2. The minimum atomic E-state index is -1.18. The maximum atomic E-state index is 10.4. The van der Waals surface area contributed by atoms with Crippen molar-refractivity contribution in [2.45, 2.75) is 39.2 Å². The number of carbonyl (C=O) groups excluding carboxylic acids is 3. The second kappa shape index (κ2) is 16.0. The summed E-state index contributed by atoms with van der Waals surface area (Å²) in [6, 6.07) is 0. The molecule has 0 bridgehead atoms. The molecule has 0 aromatic heterocycles. The number of aliphatic carboxylic acids is 2. The molecule has 26 heavy (non-hydrogen) atoms. The van der Waals surface area contributed by atoms with E-state index in [2.05, 4.69) is 17.9 Å². The number of epoxide rings is 1. The first kappa shape index (κ1) is 25.8. The van der Waals surface area contributed by atoms with Crippen molar-refractivity contribution < 1.29 is 39.2 Å². The van der Waals surface area contributed by atoms with Crippen LogP contribution in [0.25, 0.3) is 0 Å². The predicted molar refractivity (Wildman–Crippen MR) is 90.4 cm³/mol. The number of hydrogen-bond donors (Lipinski definition) is 1. The lowest BCUT2D eigenvalue weighted by Crippen LogP contribution is -2.24. The van der Waals surface area contributed by atoms with Gasteiger partial charge < -0.3 is 34.4 Å². The van der Waals surface area contributed by atoms with E-state index in [4.69, 9.17) is 9.84 Å². The van der Waals surface area contributed by atoms with Gasteiger partial charge in [0.25, 0.3) is 0 Å². The summed E-state index contributed by atoms with van der Waals surface area (Å²) in [6.07, 6.45) is 4.49. The molecule has 1 aliphatic rings. The average Bonchev–Trinajstić information content (AvgIpc) is 3.42. The Bertz CT molecular complexity index is 503. The molecule has 1 saturated heterocycles. The van der Waals surface area contributed by atoms with Crippen LogP contribution in [0.3, 0.4) is 0 Å². The second-order valence-electron chi connectivity index (χ2n) is 5.11. The van der Waals surface area contributed by atoms with Gasteiger partial charge in [0, 0.05) is 19.1 Å². The zero-order chi connectivity index (χ0) is 20.5. The van der Waals surface area contributed by atoms with Gasteiger partial charge in [0.05, 0.1) is 31.3 Å². The maximum absolute atomic E-state index is 10.4. The van der Waals surface area contributed by atoms with E-state index in [1.807, 2.05) is 0 Å². The number of allylic oxidation sites excluding steroid dienone is 1. The summed E-state index contributed by atoms with van der Waals surface area (Å²) in [5, 5.41) is 28.1. The monoisotopic (exact) mass is 370 g/mol. The maximum Gasteiger partial charge on any atom is 0.330 e. The average molecular weight is 370 g/mol. The topological polar surface area (TPSA) is 139 Å². The standard InChI is InChI=1S/C7H12O3.C6H8O3.C5H8O2/c1-2-7(9)10-6-4-3-5-8;1-4(6(7)8)2-5-3-9-5;1-3-4(2)5(6)7/h2,8H,1,3-6H2;5H,1-3H2,(H,7,8);3H,1-2H3,(H,6,7)/p-2/b;;4-3+. The van der Waals surface area contributed by atoms with Crippen molar-refractivity contribution in [3.05, 3.63) is 36.5 Å². The first-order valence-electron chi connectivity index (χ1n) is 7.94. The highest BCUT2D eigenvalue weighted by Gasteiger charge is 2.22. The van der Waals surface area contributed by atoms with E-state index < -0.39 is 17.9 Å². The number of ether oxygens (including phenoxy) is 2. The van der Waals surface area contributed by atoms with E-state index in [1.54, 1.807) is 6.92 Å². The van der Waals surface area contributed by atoms with Gasteiger partial charge in [-0.15, -0.1) is 0 Å². The van der Waals surface area contributed by atoms with Gasteiger partial charge in [-0.05, 0) is 37.8 Å². The van der Waals surface area contributed by atoms with E-state index in [1.165, 1.54) is 13.0 Å². The van der Waals surface area contributed by atoms with Crippen molar-refractivity contribution in [1.82, 2.24) is 0 Å². The van der Waals surface area contributed by atoms with Crippen molar-refractivity contribution in [1.29, 1.82) is 0 Å². The Balaban J connectivity index is 0. The third kappa shape index (κ3) is 17.9. The molecule has 1 unspecified atom stereocenters. The molecule has 0 saturated carbocycles. The Kier molecular flexibility index (Phi) is 15.9. The number of aliphatic hydroxyl groups is 1. The predicted octanol–water partition coefficient (Wildman–Crippen LogP) is -0.728. The van der Waals surface area contributed by atoms with E-state index in [0.717, 1.165) is 6.08 Å². The minimum Gasteiger partial charge on any atom is -0.545 e. The first-order valence-corrected chi connectivity index (χ1v) is 7.94. The van der Waals surface area contributed by atoms with Crippen molar-refractivity contribution in [2.75, 3.05) is 19.8 Å². The molecule has 8 nitrogen and oxygen atoms in total. The molecule has 0 radical (unpaired) electrons. The molecule has 1 atom stereocenters. The van der Waals surface area contributed by atoms with Crippen molar-refractivity contribution in [3.63, 3.8) is 0 Å². The molecule has 148 valence electrons. The van der Waals surface area contributed by atoms with Crippen molar-refractivity contribution >= 4 is 17.9 Å². The van der Waals surface area contributed by atoms with Gasteiger partial charge in [0.2, 0.25) is 0 Å². The van der Waals surface area contributed by atoms with Gasteiger partial charge in [-0.3, -0.25) is 0 Å². The van der Waals surface area contributed by atoms with Crippen LogP contribution in [0.1, 0.15) is 33.1 Å². The summed E-state index contributed by atoms with van der Waals surface area (Å²) < 4.78 is 9.40. The molecule has 0 aromatic carbocycles. The first-order chi connectivity index (χ1) is 12.2. The summed E-state index contributed by atoms with van der Waals surface area (Å²) in [5.41, 5.74) is 0.400. The van der Waals surface area contributed by atoms with Crippen LogP contribution in [-0.2, 0) is 23.9 Å². The number of esters is 1. The third-order valence-electron chi connectivity index (χ3n) is 2.88. The Morgan fingerprint density at radius 1 is 1.27 bits per heavy atom. The molecule has 1 aliphatic heterocycles. The summed E-state index contributed by atoms with van der Waals surface area (Å²) in [7, 11) is 0. The van der Waals surface area contributed by atoms with Gasteiger partial charge in [0.15, 0.2) is 0 Å². The lowest BCUT2D eigenvalue weighted by atomic mass is 10.2. The molecule has 8 heteroatoms. The molecular formula is C18H26O8-2.